The smallest absolute Gasteiger partial charge is 0.162 e. The molecule has 0 aliphatic heterocycles. The maximum atomic E-state index is 5.75. The number of nitrogens with one attached hydrogen (secondary N) is 1. The van der Waals surface area contributed by atoms with E-state index in [-0.39, 0.29) is 6.10 Å². The Kier molecular flexibility index (Phi) is 7.38. The van der Waals surface area contributed by atoms with Crippen molar-refractivity contribution in [2.75, 3.05) is 13.7 Å². The molecule has 0 radical (unpaired) electrons. The molecule has 0 amide bonds. The fraction of sp³-hybridized carbons (Fsp3) is 0.625. The molecule has 0 bridgehead atoms. The molecule has 0 fully saturated rings. The molecular formula is C16H26BrNO2. The van der Waals surface area contributed by atoms with Crippen molar-refractivity contribution in [2.45, 2.75) is 46.8 Å². The van der Waals surface area contributed by atoms with E-state index in [2.05, 4.69) is 35.1 Å². The molecule has 1 aromatic rings. The molecule has 0 aromatic heterocycles. The van der Waals surface area contributed by atoms with Crippen molar-refractivity contribution in [2.24, 2.45) is 5.92 Å². The van der Waals surface area contributed by atoms with Crippen molar-refractivity contribution in [3.05, 3.63) is 22.2 Å². The second kappa shape index (κ2) is 8.53. The van der Waals surface area contributed by atoms with Crippen LogP contribution >= 0.6 is 15.9 Å². The summed E-state index contributed by atoms with van der Waals surface area (Å²) in [5, 5.41) is 3.46. The van der Waals surface area contributed by atoms with E-state index in [0.29, 0.717) is 0 Å². The molecule has 3 nitrogen and oxygen atoms in total. The summed E-state index contributed by atoms with van der Waals surface area (Å²) >= 11 is 3.61. The van der Waals surface area contributed by atoms with Gasteiger partial charge in [-0.25, -0.2) is 0 Å². The lowest BCUT2D eigenvalue weighted by Crippen LogP contribution is -2.16. The van der Waals surface area contributed by atoms with E-state index in [1.807, 2.05) is 26.0 Å². The van der Waals surface area contributed by atoms with Crippen molar-refractivity contribution in [1.82, 2.24) is 5.32 Å². The summed E-state index contributed by atoms with van der Waals surface area (Å²) in [6.45, 7) is 10.3. The summed E-state index contributed by atoms with van der Waals surface area (Å²) in [4.78, 5) is 0. The molecule has 114 valence electrons. The largest absolute Gasteiger partial charge is 0.493 e. The number of halogens is 1. The van der Waals surface area contributed by atoms with Gasteiger partial charge in [0.1, 0.15) is 0 Å². The molecule has 0 unspecified atom stereocenters. The fourth-order valence-corrected chi connectivity index (χ4v) is 2.29. The van der Waals surface area contributed by atoms with Gasteiger partial charge in [0.25, 0.3) is 0 Å². The molecule has 20 heavy (non-hydrogen) atoms. The third-order valence-electron chi connectivity index (χ3n) is 2.91. The minimum Gasteiger partial charge on any atom is -0.493 e. The van der Waals surface area contributed by atoms with Crippen molar-refractivity contribution in [1.29, 1.82) is 0 Å². The standard InChI is InChI=1S/C16H26BrNO2/c1-11(2)6-7-18-10-13-8-15(19-5)16(9-14(13)17)20-12(3)4/h8-9,11-12,18H,6-7,10H2,1-5H3. The summed E-state index contributed by atoms with van der Waals surface area (Å²) in [6.07, 6.45) is 1.31. The molecule has 0 atom stereocenters. The van der Waals surface area contributed by atoms with Crippen LogP contribution in [0.1, 0.15) is 39.7 Å². The minimum absolute atomic E-state index is 0.130. The summed E-state index contributed by atoms with van der Waals surface area (Å²) in [5.74, 6) is 2.28. The molecule has 0 aliphatic carbocycles. The predicted molar refractivity (Wildman–Crippen MR) is 87.6 cm³/mol. The lowest BCUT2D eigenvalue weighted by molar-refractivity contribution is 0.230. The van der Waals surface area contributed by atoms with Gasteiger partial charge in [0.2, 0.25) is 0 Å². The average Bonchev–Trinajstić information content (AvgIpc) is 2.35. The molecule has 0 spiro atoms. The van der Waals surface area contributed by atoms with Gasteiger partial charge in [-0.3, -0.25) is 0 Å². The Bertz CT molecular complexity index is 419. The van der Waals surface area contributed by atoms with Gasteiger partial charge in [0, 0.05) is 11.0 Å². The van der Waals surface area contributed by atoms with Crippen molar-refractivity contribution in [3.8, 4) is 11.5 Å². The summed E-state index contributed by atoms with van der Waals surface area (Å²) in [7, 11) is 1.67. The van der Waals surface area contributed by atoms with Crippen molar-refractivity contribution >= 4 is 15.9 Å². The van der Waals surface area contributed by atoms with E-state index in [1.54, 1.807) is 7.11 Å². The second-order valence-electron chi connectivity index (χ2n) is 5.62. The third kappa shape index (κ3) is 5.71. The maximum absolute atomic E-state index is 5.75. The Morgan fingerprint density at radius 3 is 2.40 bits per heavy atom. The number of hydrogen-bond acceptors (Lipinski definition) is 3. The molecule has 1 N–H and O–H groups in total. The topological polar surface area (TPSA) is 30.5 Å². The zero-order chi connectivity index (χ0) is 15.1. The molecule has 4 heteroatoms. The molecule has 0 saturated carbocycles. The Morgan fingerprint density at radius 1 is 1.15 bits per heavy atom. The van der Waals surface area contributed by atoms with Crippen LogP contribution in [0.25, 0.3) is 0 Å². The van der Waals surface area contributed by atoms with Gasteiger partial charge >= 0.3 is 0 Å². The first-order valence-corrected chi connectivity index (χ1v) is 7.97. The van der Waals surface area contributed by atoms with Crippen LogP contribution in [0.15, 0.2) is 16.6 Å². The van der Waals surface area contributed by atoms with Gasteiger partial charge < -0.3 is 14.8 Å². The highest BCUT2D eigenvalue weighted by atomic mass is 79.9. The first-order valence-electron chi connectivity index (χ1n) is 7.17. The molecule has 0 aliphatic rings. The van der Waals surface area contributed by atoms with E-state index >= 15 is 0 Å². The van der Waals surface area contributed by atoms with Gasteiger partial charge in [0.05, 0.1) is 13.2 Å². The van der Waals surface area contributed by atoms with Gasteiger partial charge in [-0.2, -0.15) is 0 Å². The van der Waals surface area contributed by atoms with Gasteiger partial charge in [0.15, 0.2) is 11.5 Å². The summed E-state index contributed by atoms with van der Waals surface area (Å²) in [5.41, 5.74) is 1.18. The monoisotopic (exact) mass is 343 g/mol. The lowest BCUT2D eigenvalue weighted by Gasteiger charge is -2.16. The highest BCUT2D eigenvalue weighted by Crippen LogP contribution is 2.34. The SMILES string of the molecule is COc1cc(CNCCC(C)C)c(Br)cc1OC(C)C. The Hall–Kier alpha value is -0.740. The van der Waals surface area contributed by atoms with Crippen LogP contribution in [-0.4, -0.2) is 19.8 Å². The predicted octanol–water partition coefficient (Wildman–Crippen LogP) is 4.38. The van der Waals surface area contributed by atoms with Crippen LogP contribution in [0.5, 0.6) is 11.5 Å². The quantitative estimate of drug-likeness (QED) is 0.710. The zero-order valence-corrected chi connectivity index (χ0v) is 14.7. The van der Waals surface area contributed by atoms with Crippen LogP contribution in [0.3, 0.4) is 0 Å². The van der Waals surface area contributed by atoms with Gasteiger partial charge in [-0.15, -0.1) is 0 Å². The number of rotatable bonds is 8. The maximum Gasteiger partial charge on any atom is 0.162 e. The summed E-state index contributed by atoms with van der Waals surface area (Å²) < 4.78 is 12.2. The van der Waals surface area contributed by atoms with E-state index < -0.39 is 0 Å². The Balaban J connectivity index is 2.72. The zero-order valence-electron chi connectivity index (χ0n) is 13.1. The molecule has 1 aromatic carbocycles. The van der Waals surface area contributed by atoms with E-state index in [0.717, 1.165) is 35.0 Å². The van der Waals surface area contributed by atoms with Crippen LogP contribution in [0.2, 0.25) is 0 Å². The van der Waals surface area contributed by atoms with Crippen molar-refractivity contribution < 1.29 is 9.47 Å². The highest BCUT2D eigenvalue weighted by molar-refractivity contribution is 9.10. The molecule has 0 heterocycles. The number of ether oxygens (including phenoxy) is 2. The molecule has 1 rings (SSSR count). The Labute approximate surface area is 131 Å². The van der Waals surface area contributed by atoms with Gasteiger partial charge in [-0.05, 0) is 50.4 Å². The fourth-order valence-electron chi connectivity index (χ4n) is 1.83. The molecule has 0 saturated heterocycles. The Morgan fingerprint density at radius 2 is 1.85 bits per heavy atom. The van der Waals surface area contributed by atoms with Crippen LogP contribution in [0, 0.1) is 5.92 Å². The molecular weight excluding hydrogens is 318 g/mol. The first kappa shape index (κ1) is 17.3. The van der Waals surface area contributed by atoms with Crippen molar-refractivity contribution in [3.63, 3.8) is 0 Å². The first-order chi connectivity index (χ1) is 9.43. The average molecular weight is 344 g/mol. The van der Waals surface area contributed by atoms with Crippen LogP contribution < -0.4 is 14.8 Å². The van der Waals surface area contributed by atoms with E-state index in [9.17, 15) is 0 Å². The second-order valence-corrected chi connectivity index (χ2v) is 6.47. The third-order valence-corrected chi connectivity index (χ3v) is 3.65. The highest BCUT2D eigenvalue weighted by Gasteiger charge is 2.11. The van der Waals surface area contributed by atoms with E-state index in [1.165, 1.54) is 12.0 Å². The lowest BCUT2D eigenvalue weighted by atomic mass is 10.1. The number of hydrogen-bond donors (Lipinski definition) is 1. The number of benzene rings is 1. The summed E-state index contributed by atoms with van der Waals surface area (Å²) in [6, 6.07) is 4.02. The van der Waals surface area contributed by atoms with Crippen LogP contribution in [0.4, 0.5) is 0 Å². The normalized spacial score (nSPS) is 11.2. The van der Waals surface area contributed by atoms with Crippen LogP contribution in [-0.2, 0) is 6.54 Å². The van der Waals surface area contributed by atoms with E-state index in [4.69, 9.17) is 9.47 Å². The van der Waals surface area contributed by atoms with Gasteiger partial charge in [-0.1, -0.05) is 29.8 Å². The minimum atomic E-state index is 0.130. The number of methoxy groups -OCH3 is 1.